The van der Waals surface area contributed by atoms with Crippen LogP contribution in [0.25, 0.3) is 22.2 Å². The van der Waals surface area contributed by atoms with Crippen LogP contribution in [0.1, 0.15) is 25.8 Å². The predicted molar refractivity (Wildman–Crippen MR) is 132 cm³/mol. The maximum atomic E-state index is 15.0. The third-order valence-electron chi connectivity index (χ3n) is 5.89. The van der Waals surface area contributed by atoms with Crippen molar-refractivity contribution in [2.75, 3.05) is 31.2 Å². The maximum Gasteiger partial charge on any atom is 0.135 e. The van der Waals surface area contributed by atoms with Crippen LogP contribution in [-0.4, -0.2) is 42.5 Å². The van der Waals surface area contributed by atoms with Gasteiger partial charge < -0.3 is 9.64 Å². The molecule has 7 heteroatoms. The Hall–Kier alpha value is -3.63. The van der Waals surface area contributed by atoms with Gasteiger partial charge in [-0.2, -0.15) is 0 Å². The quantitative estimate of drug-likeness (QED) is 0.368. The number of morpholine rings is 1. The van der Waals surface area contributed by atoms with Crippen LogP contribution in [0.2, 0.25) is 0 Å². The number of nitrogens with zero attached hydrogens (tertiary/aromatic N) is 4. The Morgan fingerprint density at radius 2 is 1.97 bits per heavy atom. The third-order valence-corrected chi connectivity index (χ3v) is 5.89. The highest BCUT2D eigenvalue weighted by atomic mass is 19.1. The van der Waals surface area contributed by atoms with E-state index >= 15 is 0 Å². The van der Waals surface area contributed by atoms with Gasteiger partial charge in [-0.15, -0.1) is 12.3 Å². The lowest BCUT2D eigenvalue weighted by Gasteiger charge is -2.29. The molecule has 0 amide bonds. The number of terminal acetylenes is 1. The predicted octanol–water partition coefficient (Wildman–Crippen LogP) is 5.34. The van der Waals surface area contributed by atoms with Crippen molar-refractivity contribution < 1.29 is 13.5 Å². The van der Waals surface area contributed by atoms with Crippen molar-refractivity contribution in [3.63, 3.8) is 0 Å². The van der Waals surface area contributed by atoms with Gasteiger partial charge in [0.1, 0.15) is 18.0 Å². The van der Waals surface area contributed by atoms with Gasteiger partial charge in [-0.3, -0.25) is 4.99 Å². The Labute approximate surface area is 198 Å². The summed E-state index contributed by atoms with van der Waals surface area (Å²) in [4.78, 5) is 15.3. The van der Waals surface area contributed by atoms with E-state index in [2.05, 4.69) is 25.8 Å². The fourth-order valence-electron chi connectivity index (χ4n) is 4.09. The van der Waals surface area contributed by atoms with E-state index in [1.165, 1.54) is 12.4 Å². The molecule has 2 aromatic carbocycles. The van der Waals surface area contributed by atoms with Gasteiger partial charge >= 0.3 is 0 Å². The molecular formula is C27H26F2N4O. The first kappa shape index (κ1) is 23.5. The largest absolute Gasteiger partial charge is 0.378 e. The lowest BCUT2D eigenvalue weighted by molar-refractivity contribution is 0.122. The molecule has 3 aromatic rings. The Kier molecular flexibility index (Phi) is 7.29. The van der Waals surface area contributed by atoms with Crippen molar-refractivity contribution in [1.82, 2.24) is 9.97 Å². The molecule has 1 fully saturated rings. The number of rotatable bonds is 6. The van der Waals surface area contributed by atoms with Gasteiger partial charge in [-0.05, 0) is 49.2 Å². The fourth-order valence-corrected chi connectivity index (χ4v) is 4.09. The van der Waals surface area contributed by atoms with Crippen molar-refractivity contribution in [2.24, 2.45) is 4.99 Å². The number of halogens is 2. The van der Waals surface area contributed by atoms with Gasteiger partial charge in [0, 0.05) is 60.5 Å². The van der Waals surface area contributed by atoms with Crippen LogP contribution in [0.5, 0.6) is 0 Å². The van der Waals surface area contributed by atoms with E-state index in [4.69, 9.17) is 11.2 Å². The monoisotopic (exact) mass is 460 g/mol. The molecule has 0 bridgehead atoms. The second-order valence-electron chi connectivity index (χ2n) is 8.12. The Morgan fingerprint density at radius 3 is 2.71 bits per heavy atom. The summed E-state index contributed by atoms with van der Waals surface area (Å²) in [6.07, 6.45) is 9.09. The number of allylic oxidation sites excluding steroid dienone is 2. The number of hydrogen-bond acceptors (Lipinski definition) is 5. The van der Waals surface area contributed by atoms with Gasteiger partial charge in [-0.25, -0.2) is 18.7 Å². The normalized spacial score (nSPS) is 15.0. The number of aliphatic imine (C=N–C) groups is 1. The molecule has 1 aliphatic heterocycles. The summed E-state index contributed by atoms with van der Waals surface area (Å²) in [7, 11) is 0. The molecule has 0 saturated carbocycles. The number of benzene rings is 2. The molecule has 5 nitrogen and oxygen atoms in total. The molecule has 174 valence electrons. The molecule has 0 aliphatic carbocycles. The average Bonchev–Trinajstić information content (AvgIpc) is 2.85. The first-order valence-electron chi connectivity index (χ1n) is 11.2. The molecule has 0 spiro atoms. The van der Waals surface area contributed by atoms with E-state index in [1.807, 2.05) is 25.1 Å². The van der Waals surface area contributed by atoms with E-state index in [-0.39, 0.29) is 12.0 Å². The Morgan fingerprint density at radius 1 is 1.18 bits per heavy atom. The minimum Gasteiger partial charge on any atom is -0.378 e. The van der Waals surface area contributed by atoms with Gasteiger partial charge in [0.15, 0.2) is 0 Å². The average molecular weight is 461 g/mol. The zero-order chi connectivity index (χ0) is 24.1. The van der Waals surface area contributed by atoms with Crippen molar-refractivity contribution >= 4 is 22.8 Å². The standard InChI is InChI=1S/C27H26F2N4O/c1-4-6-18(3)25(30-5-2)14-19-13-22(24(29)16-23(19)28)27-21-8-7-20(15-26(21)31-17-32-27)33-9-11-34-12-10-33/h1,5,7-8,13,15-17H,6,9-12,14H2,2-3H3/b25-18-,30-5?. The summed E-state index contributed by atoms with van der Waals surface area (Å²) in [5.41, 5.74) is 4.22. The van der Waals surface area contributed by atoms with E-state index in [9.17, 15) is 8.78 Å². The summed E-state index contributed by atoms with van der Waals surface area (Å²) in [6, 6.07) is 8.25. The number of ether oxygens (including phenoxy) is 1. The molecule has 34 heavy (non-hydrogen) atoms. The van der Waals surface area contributed by atoms with Gasteiger partial charge in [0.05, 0.1) is 24.4 Å². The molecule has 0 atom stereocenters. The molecule has 0 unspecified atom stereocenters. The Bertz CT molecular complexity index is 1300. The maximum absolute atomic E-state index is 15.0. The smallest absolute Gasteiger partial charge is 0.135 e. The van der Waals surface area contributed by atoms with Gasteiger partial charge in [-0.1, -0.05) is 0 Å². The number of fused-ring (bicyclic) bond motifs is 1. The molecule has 1 saturated heterocycles. The topological polar surface area (TPSA) is 50.6 Å². The highest BCUT2D eigenvalue weighted by Gasteiger charge is 2.18. The summed E-state index contributed by atoms with van der Waals surface area (Å²) < 4.78 is 35.2. The molecule has 4 rings (SSSR count). The molecule has 0 radical (unpaired) electrons. The van der Waals surface area contributed by atoms with Crippen LogP contribution in [0.15, 0.2) is 52.9 Å². The Balaban J connectivity index is 1.76. The van der Waals surface area contributed by atoms with Crippen molar-refractivity contribution in [3.05, 3.63) is 65.1 Å². The molecule has 0 N–H and O–H groups in total. The van der Waals surface area contributed by atoms with Crippen LogP contribution >= 0.6 is 0 Å². The summed E-state index contributed by atoms with van der Waals surface area (Å²) in [6.45, 7) is 6.61. The van der Waals surface area contributed by atoms with Gasteiger partial charge in [0.25, 0.3) is 0 Å². The summed E-state index contributed by atoms with van der Waals surface area (Å²) in [5.74, 6) is 1.28. The molecule has 1 aliphatic rings. The lowest BCUT2D eigenvalue weighted by atomic mass is 9.99. The zero-order valence-corrected chi connectivity index (χ0v) is 19.3. The highest BCUT2D eigenvalue weighted by molar-refractivity contribution is 5.94. The lowest BCUT2D eigenvalue weighted by Crippen LogP contribution is -2.36. The van der Waals surface area contributed by atoms with Crippen molar-refractivity contribution in [3.8, 4) is 23.6 Å². The van der Waals surface area contributed by atoms with Crippen molar-refractivity contribution in [2.45, 2.75) is 26.7 Å². The van der Waals surface area contributed by atoms with Crippen LogP contribution in [0, 0.1) is 24.0 Å². The number of anilines is 1. The van der Waals surface area contributed by atoms with E-state index in [1.54, 1.807) is 13.1 Å². The zero-order valence-electron chi connectivity index (χ0n) is 19.3. The first-order chi connectivity index (χ1) is 16.5. The summed E-state index contributed by atoms with van der Waals surface area (Å²) >= 11 is 0. The van der Waals surface area contributed by atoms with Crippen LogP contribution in [0.3, 0.4) is 0 Å². The third kappa shape index (κ3) is 4.97. The van der Waals surface area contributed by atoms with Gasteiger partial charge in [0.2, 0.25) is 0 Å². The van der Waals surface area contributed by atoms with E-state index in [0.29, 0.717) is 47.5 Å². The summed E-state index contributed by atoms with van der Waals surface area (Å²) in [5, 5.41) is 0.696. The van der Waals surface area contributed by atoms with Crippen LogP contribution in [-0.2, 0) is 11.2 Å². The second kappa shape index (κ2) is 10.5. The number of hydrogen-bond donors (Lipinski definition) is 0. The molecule has 2 heterocycles. The SMILES string of the molecule is C#CC/C(C)=C(/Cc1cc(-c2ncnc3cc(N4CCOCC4)ccc23)c(F)cc1F)N=CC. The van der Waals surface area contributed by atoms with Crippen LogP contribution < -0.4 is 4.90 Å². The fraction of sp³-hybridized carbons (Fsp3) is 0.296. The molecule has 1 aromatic heterocycles. The first-order valence-corrected chi connectivity index (χ1v) is 11.2. The van der Waals surface area contributed by atoms with E-state index in [0.717, 1.165) is 30.4 Å². The molecular weight excluding hydrogens is 434 g/mol. The van der Waals surface area contributed by atoms with E-state index < -0.39 is 11.6 Å². The second-order valence-corrected chi connectivity index (χ2v) is 8.12. The highest BCUT2D eigenvalue weighted by Crippen LogP contribution is 2.32. The number of aromatic nitrogens is 2. The van der Waals surface area contributed by atoms with Crippen molar-refractivity contribution in [1.29, 1.82) is 0 Å². The minimum atomic E-state index is -0.677. The van der Waals surface area contributed by atoms with Crippen LogP contribution in [0.4, 0.5) is 14.5 Å². The minimum absolute atomic E-state index is 0.196.